The number of likely N-dealkylation sites (N-methyl/N-ethyl adjacent to an activating group) is 1. The molecule has 3 N–H and O–H groups in total. The maximum atomic E-state index is 15.5. The van der Waals surface area contributed by atoms with Gasteiger partial charge in [0, 0.05) is 25.6 Å². The summed E-state index contributed by atoms with van der Waals surface area (Å²) < 4.78 is 111. The van der Waals surface area contributed by atoms with Crippen LogP contribution in [0, 0.1) is 22.2 Å². The minimum atomic E-state index is -5.37. The lowest BCUT2D eigenvalue weighted by atomic mass is 9.95. The fraction of sp³-hybridized carbons (Fsp3) is 0.409. The molecule has 1 amide bonds. The highest BCUT2D eigenvalue weighted by Crippen LogP contribution is 2.31. The Balaban J connectivity index is 1.99. The summed E-state index contributed by atoms with van der Waals surface area (Å²) in [5, 5.41) is 2.58. The van der Waals surface area contributed by atoms with Crippen molar-refractivity contribution >= 4 is 15.8 Å². The van der Waals surface area contributed by atoms with Gasteiger partial charge in [-0.3, -0.25) is 4.79 Å². The Morgan fingerprint density at radius 1 is 1.26 bits per heavy atom. The Kier molecular flexibility index (Phi) is 7.38. The maximum Gasteiger partial charge on any atom is 0.492 e. The predicted octanol–water partition coefficient (Wildman–Crippen LogP) is 3.96. The number of likely N-dealkylation sites (tertiary alicyclic amines) is 1. The van der Waals surface area contributed by atoms with Gasteiger partial charge in [0.05, 0.1) is 12.1 Å². The number of nitrogens with one attached hydrogen (secondary N) is 3. The molecule has 13 heteroatoms. The minimum absolute atomic E-state index is 0.0572. The van der Waals surface area contributed by atoms with Crippen LogP contribution in [0.5, 0.6) is 0 Å². The van der Waals surface area contributed by atoms with Crippen LogP contribution in [0.3, 0.4) is 0 Å². The molecular weight excluding hydrogens is 498 g/mol. The SMILES string of the molecule is [2H]CN[C@@H](C)C(=O)N1CC[C@H](NS(=N)(=O)C(F)(F)F)[C@@H]1Cc1cccc(-c2cc(F)cc(F)c2)c1F. The zero-order chi connectivity index (χ0) is 26.8. The monoisotopic (exact) mass is 523 g/mol. The summed E-state index contributed by atoms with van der Waals surface area (Å²) in [5.74, 6) is -3.32. The number of hydrogen-bond donors (Lipinski definition) is 3. The first-order valence-corrected chi connectivity index (χ1v) is 12.0. The summed E-state index contributed by atoms with van der Waals surface area (Å²) in [7, 11) is -5.57. The number of carbonyl (C=O) groups excluding carboxylic acids is 1. The molecule has 1 unspecified atom stereocenters. The lowest BCUT2D eigenvalue weighted by Crippen LogP contribution is -2.53. The summed E-state index contributed by atoms with van der Waals surface area (Å²) in [6.07, 6.45) is -0.422. The van der Waals surface area contributed by atoms with Crippen molar-refractivity contribution in [2.45, 2.75) is 43.4 Å². The van der Waals surface area contributed by atoms with Crippen molar-refractivity contribution in [3.63, 3.8) is 0 Å². The largest absolute Gasteiger partial charge is 0.492 e. The van der Waals surface area contributed by atoms with Gasteiger partial charge in [-0.2, -0.15) is 13.2 Å². The van der Waals surface area contributed by atoms with E-state index in [0.717, 1.165) is 12.1 Å². The summed E-state index contributed by atoms with van der Waals surface area (Å²) in [6, 6.07) is 3.19. The molecule has 1 heterocycles. The van der Waals surface area contributed by atoms with Gasteiger partial charge in [-0.05, 0) is 50.0 Å². The summed E-state index contributed by atoms with van der Waals surface area (Å²) in [5.41, 5.74) is -5.68. The van der Waals surface area contributed by atoms with E-state index in [1.165, 1.54) is 30.0 Å². The van der Waals surface area contributed by atoms with Gasteiger partial charge in [-0.1, -0.05) is 18.2 Å². The molecule has 0 aliphatic carbocycles. The molecule has 0 radical (unpaired) electrons. The minimum Gasteiger partial charge on any atom is -0.336 e. The molecule has 6 nitrogen and oxygen atoms in total. The van der Waals surface area contributed by atoms with Crippen LogP contribution >= 0.6 is 0 Å². The molecule has 1 saturated heterocycles. The second kappa shape index (κ2) is 10.2. The maximum absolute atomic E-state index is 15.5. The number of halogens is 6. The molecule has 0 bridgehead atoms. The summed E-state index contributed by atoms with van der Waals surface area (Å²) in [6.45, 7) is 1.40. The highest BCUT2D eigenvalue weighted by atomic mass is 32.2. The first-order valence-electron chi connectivity index (χ1n) is 11.1. The van der Waals surface area contributed by atoms with Gasteiger partial charge in [-0.25, -0.2) is 26.9 Å². The van der Waals surface area contributed by atoms with Crippen LogP contribution in [0.15, 0.2) is 36.4 Å². The Bertz CT molecular complexity index is 1210. The van der Waals surface area contributed by atoms with Crippen LogP contribution in [-0.2, 0) is 21.1 Å². The summed E-state index contributed by atoms with van der Waals surface area (Å²) in [4.78, 5) is 14.1. The molecule has 0 aromatic heterocycles. The van der Waals surface area contributed by atoms with Crippen molar-refractivity contribution in [2.75, 3.05) is 13.6 Å². The Labute approximate surface area is 200 Å². The van der Waals surface area contributed by atoms with Crippen molar-refractivity contribution < 1.29 is 36.7 Å². The average Bonchev–Trinajstić information content (AvgIpc) is 3.14. The van der Waals surface area contributed by atoms with E-state index in [9.17, 15) is 31.0 Å². The molecule has 4 atom stereocenters. The molecular formula is C22H24F6N4O2S. The topological polar surface area (TPSA) is 85.3 Å². The third-order valence-electron chi connectivity index (χ3n) is 5.83. The number of rotatable bonds is 7. The standard InChI is InChI=1S/C22H24F6N4O2S/c1-12(30-2)21(33)32-7-6-18(31-35(29,34)22(26,27)28)19(32)10-13-4-3-5-17(20(13)25)14-8-15(23)11-16(24)9-14/h3-5,8-9,11-12,18-19,30H,6-7,10H2,1-2H3,(H2,29,31,34)/t12-,18-,19-,35?/m0/s1/i2D. The molecule has 0 saturated carbocycles. The molecule has 2 aromatic rings. The van der Waals surface area contributed by atoms with Gasteiger partial charge >= 0.3 is 5.51 Å². The van der Waals surface area contributed by atoms with Crippen molar-refractivity contribution in [3.8, 4) is 11.1 Å². The van der Waals surface area contributed by atoms with Crippen LogP contribution in [0.2, 0.25) is 0 Å². The second-order valence-electron chi connectivity index (χ2n) is 8.18. The third-order valence-corrected chi connectivity index (χ3v) is 7.12. The first-order chi connectivity index (χ1) is 16.7. The lowest BCUT2D eigenvalue weighted by molar-refractivity contribution is -0.133. The molecule has 2 aromatic carbocycles. The van der Waals surface area contributed by atoms with Crippen LogP contribution in [0.1, 0.15) is 20.3 Å². The van der Waals surface area contributed by atoms with Gasteiger partial charge in [0.25, 0.3) is 0 Å². The normalized spacial score (nSPS) is 21.5. The first kappa shape index (κ1) is 25.5. The van der Waals surface area contributed by atoms with Crippen LogP contribution < -0.4 is 10.0 Å². The molecule has 192 valence electrons. The van der Waals surface area contributed by atoms with Crippen molar-refractivity contribution in [2.24, 2.45) is 0 Å². The van der Waals surface area contributed by atoms with E-state index in [1.807, 2.05) is 0 Å². The number of nitrogens with zero attached hydrogens (tertiary/aromatic N) is 1. The van der Waals surface area contributed by atoms with E-state index in [1.54, 1.807) is 4.72 Å². The number of carbonyl (C=O) groups is 1. The number of benzene rings is 2. The molecule has 35 heavy (non-hydrogen) atoms. The van der Waals surface area contributed by atoms with E-state index in [2.05, 4.69) is 5.32 Å². The predicted molar refractivity (Wildman–Crippen MR) is 118 cm³/mol. The molecule has 3 rings (SSSR count). The number of hydrogen-bond acceptors (Lipinski definition) is 4. The Morgan fingerprint density at radius 2 is 1.91 bits per heavy atom. The van der Waals surface area contributed by atoms with Crippen molar-refractivity contribution in [1.29, 1.82) is 4.78 Å². The van der Waals surface area contributed by atoms with Crippen LogP contribution in [0.25, 0.3) is 11.1 Å². The van der Waals surface area contributed by atoms with Gasteiger partial charge in [0.1, 0.15) is 17.5 Å². The lowest BCUT2D eigenvalue weighted by Gasteiger charge is -2.31. The van der Waals surface area contributed by atoms with Crippen molar-refractivity contribution in [3.05, 3.63) is 59.4 Å². The van der Waals surface area contributed by atoms with E-state index in [0.29, 0.717) is 6.07 Å². The van der Waals surface area contributed by atoms with E-state index < -0.39 is 56.9 Å². The highest BCUT2D eigenvalue weighted by molar-refractivity contribution is 7.91. The Morgan fingerprint density at radius 3 is 2.51 bits per heavy atom. The zero-order valence-electron chi connectivity index (χ0n) is 19.5. The molecule has 1 aliphatic heterocycles. The summed E-state index contributed by atoms with van der Waals surface area (Å²) >= 11 is 0. The van der Waals surface area contributed by atoms with E-state index in [4.69, 9.17) is 6.15 Å². The number of amides is 1. The van der Waals surface area contributed by atoms with E-state index >= 15 is 4.39 Å². The molecule has 1 aliphatic rings. The fourth-order valence-electron chi connectivity index (χ4n) is 4.03. The quantitative estimate of drug-likeness (QED) is 0.481. The van der Waals surface area contributed by atoms with Crippen molar-refractivity contribution in [1.82, 2.24) is 14.9 Å². The Hall–Kier alpha value is -2.64. The average molecular weight is 524 g/mol. The third kappa shape index (κ3) is 5.78. The smallest absolute Gasteiger partial charge is 0.336 e. The second-order valence-corrected chi connectivity index (χ2v) is 9.99. The zero-order valence-corrected chi connectivity index (χ0v) is 19.3. The van der Waals surface area contributed by atoms with Gasteiger partial charge in [0.15, 0.2) is 0 Å². The molecule has 1 fully saturated rings. The van der Waals surface area contributed by atoms with Crippen LogP contribution in [0.4, 0.5) is 26.3 Å². The highest BCUT2D eigenvalue weighted by Gasteiger charge is 2.47. The van der Waals surface area contributed by atoms with Gasteiger partial charge < -0.3 is 10.2 Å². The van der Waals surface area contributed by atoms with Gasteiger partial charge in [-0.15, -0.1) is 0 Å². The van der Waals surface area contributed by atoms with E-state index in [-0.39, 0.29) is 43.1 Å². The molecule has 0 spiro atoms. The van der Waals surface area contributed by atoms with Crippen LogP contribution in [-0.4, -0.2) is 52.2 Å². The fourth-order valence-corrected chi connectivity index (χ4v) is 4.86. The van der Waals surface area contributed by atoms with Gasteiger partial charge in [0.2, 0.25) is 15.8 Å². The number of alkyl halides is 3.